The zero-order valence-electron chi connectivity index (χ0n) is 29.7. The van der Waals surface area contributed by atoms with E-state index in [1.165, 1.54) is 10.8 Å². The van der Waals surface area contributed by atoms with Crippen LogP contribution in [0.15, 0.2) is 180 Å². The number of furan rings is 1. The van der Waals surface area contributed by atoms with Gasteiger partial charge in [0.2, 0.25) is 0 Å². The summed E-state index contributed by atoms with van der Waals surface area (Å²) in [5.74, 6) is 0. The highest BCUT2D eigenvalue weighted by atomic mass is 16.3. The van der Waals surface area contributed by atoms with E-state index < -0.39 is 6.04 Å². The molecule has 0 fully saturated rings. The van der Waals surface area contributed by atoms with Crippen molar-refractivity contribution in [2.75, 3.05) is 4.90 Å². The molecule has 8 aromatic carbocycles. The standard InChI is InChI=1S/C44H29NO/c1-2-10-30(11-3-1)31-20-25-35(26-21-31)45(36-27-22-33(23-28-36)38-17-8-13-32-12-4-5-15-37(32)38)41-18-9-14-34-24-29-40-39-16-6-7-19-42(39)46-44(40)43(34)41/h1-29H/i1D,2D,3D,10D,11D. The number of benzene rings is 8. The maximum atomic E-state index is 8.54. The molecule has 0 bridgehead atoms. The first-order valence-electron chi connectivity index (χ1n) is 17.8. The number of fused-ring (bicyclic) bond motifs is 6. The van der Waals surface area contributed by atoms with Gasteiger partial charge < -0.3 is 9.32 Å². The van der Waals surface area contributed by atoms with Gasteiger partial charge in [-0.05, 0) is 80.9 Å². The monoisotopic (exact) mass is 592 g/mol. The summed E-state index contributed by atoms with van der Waals surface area (Å²) < 4.78 is 48.1. The summed E-state index contributed by atoms with van der Waals surface area (Å²) in [5.41, 5.74) is 7.28. The molecular formula is C44H29NO. The molecule has 0 saturated carbocycles. The van der Waals surface area contributed by atoms with Gasteiger partial charge in [-0.15, -0.1) is 0 Å². The predicted molar refractivity (Wildman–Crippen MR) is 194 cm³/mol. The van der Waals surface area contributed by atoms with Gasteiger partial charge in [0.1, 0.15) is 11.2 Å². The Bertz CT molecular complexity index is 2770. The van der Waals surface area contributed by atoms with Crippen LogP contribution in [-0.2, 0) is 0 Å². The maximum Gasteiger partial charge on any atom is 0.145 e. The zero-order valence-corrected chi connectivity index (χ0v) is 24.7. The summed E-state index contributed by atoms with van der Waals surface area (Å²) in [6.07, 6.45) is 0. The summed E-state index contributed by atoms with van der Waals surface area (Å²) >= 11 is 0. The van der Waals surface area contributed by atoms with Crippen LogP contribution in [0.2, 0.25) is 0 Å². The highest BCUT2D eigenvalue weighted by Crippen LogP contribution is 2.44. The van der Waals surface area contributed by atoms with E-state index in [0.717, 1.165) is 60.9 Å². The van der Waals surface area contributed by atoms with Crippen molar-refractivity contribution in [1.29, 1.82) is 0 Å². The second kappa shape index (κ2) is 10.8. The van der Waals surface area contributed by atoms with Crippen molar-refractivity contribution in [3.8, 4) is 22.3 Å². The first-order chi connectivity index (χ1) is 24.9. The Labute approximate surface area is 274 Å². The Hall–Kier alpha value is -6.12. The lowest BCUT2D eigenvalue weighted by atomic mass is 9.97. The second-order valence-corrected chi connectivity index (χ2v) is 11.4. The third kappa shape index (κ3) is 4.35. The summed E-state index contributed by atoms with van der Waals surface area (Å²) in [4.78, 5) is 2.19. The van der Waals surface area contributed by atoms with E-state index in [-0.39, 0.29) is 29.7 Å². The van der Waals surface area contributed by atoms with Gasteiger partial charge in [-0.1, -0.05) is 133 Å². The van der Waals surface area contributed by atoms with Crippen molar-refractivity contribution in [3.05, 3.63) is 176 Å². The summed E-state index contributed by atoms with van der Waals surface area (Å²) in [7, 11) is 0. The van der Waals surface area contributed by atoms with Crippen molar-refractivity contribution < 1.29 is 11.3 Å². The Morgan fingerprint density at radius 3 is 1.91 bits per heavy atom. The molecule has 9 aromatic rings. The molecule has 0 N–H and O–H groups in total. The van der Waals surface area contributed by atoms with Crippen molar-refractivity contribution in [3.63, 3.8) is 0 Å². The quantitative estimate of drug-likeness (QED) is 0.198. The van der Waals surface area contributed by atoms with Crippen molar-refractivity contribution in [2.24, 2.45) is 0 Å². The maximum absolute atomic E-state index is 8.54. The summed E-state index contributed by atoms with van der Waals surface area (Å²) in [6, 6.07) is 47.8. The highest BCUT2D eigenvalue weighted by Gasteiger charge is 2.20. The average molecular weight is 593 g/mol. The molecule has 0 aliphatic heterocycles. The summed E-state index contributed by atoms with van der Waals surface area (Å²) in [6.45, 7) is 0. The zero-order chi connectivity index (χ0) is 34.8. The molecule has 46 heavy (non-hydrogen) atoms. The highest BCUT2D eigenvalue weighted by molar-refractivity contribution is 6.19. The minimum absolute atomic E-state index is 0.174. The largest absolute Gasteiger partial charge is 0.455 e. The molecule has 0 aliphatic carbocycles. The van der Waals surface area contributed by atoms with Crippen LogP contribution in [0.5, 0.6) is 0 Å². The first kappa shape index (κ1) is 21.6. The van der Waals surface area contributed by atoms with E-state index in [2.05, 4.69) is 102 Å². The Kier molecular flexibility index (Phi) is 5.06. The van der Waals surface area contributed by atoms with Crippen LogP contribution >= 0.6 is 0 Å². The molecule has 9 rings (SSSR count). The Morgan fingerprint density at radius 2 is 1.11 bits per heavy atom. The molecule has 0 amide bonds. The van der Waals surface area contributed by atoms with Gasteiger partial charge in [-0.3, -0.25) is 0 Å². The smallest absolute Gasteiger partial charge is 0.145 e. The molecule has 1 aromatic heterocycles. The SMILES string of the molecule is [2H]c1c([2H])c([2H])c(-c2ccc(N(c3ccc(-c4cccc5ccccc45)cc3)c3cccc4ccc5c6ccccc6oc5c34)cc2)c([2H])c1[2H]. The van der Waals surface area contributed by atoms with E-state index >= 15 is 0 Å². The topological polar surface area (TPSA) is 16.4 Å². The Balaban J connectivity index is 1.25. The minimum Gasteiger partial charge on any atom is -0.455 e. The lowest BCUT2D eigenvalue weighted by Gasteiger charge is -2.27. The number of rotatable bonds is 5. The van der Waals surface area contributed by atoms with E-state index in [9.17, 15) is 0 Å². The average Bonchev–Trinajstić information content (AvgIpc) is 3.56. The lowest BCUT2D eigenvalue weighted by Crippen LogP contribution is -2.10. The van der Waals surface area contributed by atoms with Crippen LogP contribution in [0.4, 0.5) is 17.1 Å². The third-order valence-electron chi connectivity index (χ3n) is 8.75. The molecule has 216 valence electrons. The molecule has 0 radical (unpaired) electrons. The fourth-order valence-electron chi connectivity index (χ4n) is 6.59. The molecular weight excluding hydrogens is 558 g/mol. The number of anilines is 3. The fourth-order valence-corrected chi connectivity index (χ4v) is 6.59. The van der Waals surface area contributed by atoms with Crippen LogP contribution in [-0.4, -0.2) is 0 Å². The van der Waals surface area contributed by atoms with Crippen LogP contribution in [0.1, 0.15) is 6.85 Å². The second-order valence-electron chi connectivity index (χ2n) is 11.4. The molecule has 2 nitrogen and oxygen atoms in total. The first-order valence-corrected chi connectivity index (χ1v) is 15.3. The molecule has 0 saturated heterocycles. The molecule has 0 aliphatic rings. The van der Waals surface area contributed by atoms with E-state index in [4.69, 9.17) is 11.3 Å². The third-order valence-corrected chi connectivity index (χ3v) is 8.75. The number of hydrogen-bond donors (Lipinski definition) is 0. The van der Waals surface area contributed by atoms with Gasteiger partial charge >= 0.3 is 0 Å². The predicted octanol–water partition coefficient (Wildman–Crippen LogP) is 12.7. The Morgan fingerprint density at radius 1 is 0.457 bits per heavy atom. The van der Waals surface area contributed by atoms with Gasteiger partial charge in [0.15, 0.2) is 0 Å². The molecule has 0 spiro atoms. The number of hydrogen-bond acceptors (Lipinski definition) is 2. The number of para-hydroxylation sites is 1. The van der Waals surface area contributed by atoms with Crippen LogP contribution in [0.25, 0.3) is 65.7 Å². The number of nitrogens with zero attached hydrogens (tertiary/aromatic N) is 1. The van der Waals surface area contributed by atoms with Gasteiger partial charge in [0.05, 0.1) is 12.5 Å². The normalized spacial score (nSPS) is 13.0. The van der Waals surface area contributed by atoms with E-state index in [0.29, 0.717) is 5.56 Å². The van der Waals surface area contributed by atoms with Gasteiger partial charge in [-0.2, -0.15) is 0 Å². The summed E-state index contributed by atoms with van der Waals surface area (Å²) in [5, 5.41) is 6.47. The van der Waals surface area contributed by atoms with Crippen molar-refractivity contribution >= 4 is 60.5 Å². The van der Waals surface area contributed by atoms with Crippen molar-refractivity contribution in [2.45, 2.75) is 0 Å². The van der Waals surface area contributed by atoms with Gasteiger partial charge in [0, 0.05) is 27.5 Å². The molecule has 2 heteroatoms. The molecule has 1 heterocycles. The van der Waals surface area contributed by atoms with Crippen LogP contribution in [0, 0.1) is 0 Å². The minimum atomic E-state index is -0.406. The van der Waals surface area contributed by atoms with Gasteiger partial charge in [-0.25, -0.2) is 0 Å². The lowest BCUT2D eigenvalue weighted by molar-refractivity contribution is 0.672. The van der Waals surface area contributed by atoms with Crippen LogP contribution in [0.3, 0.4) is 0 Å². The fraction of sp³-hybridized carbons (Fsp3) is 0. The molecule has 0 atom stereocenters. The van der Waals surface area contributed by atoms with E-state index in [1.54, 1.807) is 0 Å². The van der Waals surface area contributed by atoms with Gasteiger partial charge in [0.25, 0.3) is 0 Å². The van der Waals surface area contributed by atoms with E-state index in [1.807, 2.05) is 48.5 Å². The molecule has 0 unspecified atom stereocenters. The van der Waals surface area contributed by atoms with Crippen LogP contribution < -0.4 is 4.90 Å². The van der Waals surface area contributed by atoms with Crippen molar-refractivity contribution in [1.82, 2.24) is 0 Å².